The van der Waals surface area contributed by atoms with Gasteiger partial charge in [0.1, 0.15) is 17.4 Å². The van der Waals surface area contributed by atoms with Crippen molar-refractivity contribution in [3.8, 4) is 5.75 Å². The van der Waals surface area contributed by atoms with E-state index >= 15 is 0 Å². The van der Waals surface area contributed by atoms with E-state index in [4.69, 9.17) is 4.74 Å². The number of thioether (sulfide) groups is 1. The zero-order valence-corrected chi connectivity index (χ0v) is 12.6. The Kier molecular flexibility index (Phi) is 5.06. The minimum atomic E-state index is 0.706. The Labute approximate surface area is 123 Å². The number of anilines is 2. The first-order valence-electron chi connectivity index (χ1n) is 6.22. The molecule has 0 bridgehead atoms. The molecule has 0 spiro atoms. The Morgan fingerprint density at radius 1 is 1.15 bits per heavy atom. The number of hydrogen-bond donors (Lipinski definition) is 2. The largest absolute Gasteiger partial charge is 0.497 e. The molecular weight excluding hydrogens is 272 g/mol. The third-order valence-corrected chi connectivity index (χ3v) is 3.32. The molecular formula is C14H18N4OS. The van der Waals surface area contributed by atoms with Crippen LogP contribution in [0.2, 0.25) is 0 Å². The highest BCUT2D eigenvalue weighted by molar-refractivity contribution is 7.98. The molecule has 0 saturated carbocycles. The minimum absolute atomic E-state index is 0.706. The lowest BCUT2D eigenvalue weighted by Gasteiger charge is -2.09. The second kappa shape index (κ2) is 7.00. The molecule has 6 heteroatoms. The fourth-order valence-electron chi connectivity index (χ4n) is 1.67. The Morgan fingerprint density at radius 3 is 2.45 bits per heavy atom. The summed E-state index contributed by atoms with van der Waals surface area (Å²) in [5.41, 5.74) is 1.17. The third kappa shape index (κ3) is 3.77. The molecule has 5 nitrogen and oxygen atoms in total. The van der Waals surface area contributed by atoms with Crippen LogP contribution in [0, 0.1) is 0 Å². The quantitative estimate of drug-likeness (QED) is 0.630. The smallest absolute Gasteiger partial charge is 0.191 e. The first-order valence-corrected chi connectivity index (χ1v) is 7.45. The molecule has 0 atom stereocenters. The van der Waals surface area contributed by atoms with Gasteiger partial charge >= 0.3 is 0 Å². The summed E-state index contributed by atoms with van der Waals surface area (Å²) in [6.45, 7) is 0.706. The van der Waals surface area contributed by atoms with Gasteiger partial charge in [0.25, 0.3) is 0 Å². The van der Waals surface area contributed by atoms with E-state index in [-0.39, 0.29) is 0 Å². The predicted octanol–water partition coefficient (Wildman–Crippen LogP) is 2.86. The van der Waals surface area contributed by atoms with Crippen LogP contribution in [-0.4, -0.2) is 30.4 Å². The molecule has 106 valence electrons. The average Bonchev–Trinajstić information content (AvgIpc) is 2.53. The van der Waals surface area contributed by atoms with E-state index in [2.05, 4.69) is 20.6 Å². The van der Waals surface area contributed by atoms with Crippen LogP contribution in [0.3, 0.4) is 0 Å². The molecule has 0 saturated heterocycles. The van der Waals surface area contributed by atoms with Crippen LogP contribution in [0.1, 0.15) is 5.56 Å². The topological polar surface area (TPSA) is 59.1 Å². The van der Waals surface area contributed by atoms with E-state index in [1.165, 1.54) is 17.3 Å². The van der Waals surface area contributed by atoms with E-state index in [0.717, 1.165) is 22.5 Å². The van der Waals surface area contributed by atoms with Crippen molar-refractivity contribution in [2.45, 2.75) is 11.7 Å². The molecule has 0 aliphatic rings. The van der Waals surface area contributed by atoms with Gasteiger partial charge in [0.15, 0.2) is 5.16 Å². The maximum atomic E-state index is 5.14. The summed E-state index contributed by atoms with van der Waals surface area (Å²) in [6.07, 6.45) is 1.96. The van der Waals surface area contributed by atoms with E-state index in [1.807, 2.05) is 43.6 Å². The second-order valence-electron chi connectivity index (χ2n) is 4.08. The SMILES string of the molecule is CNc1cc(NCc2ccc(OC)cc2)nc(SC)n1. The molecule has 1 aromatic carbocycles. The number of hydrogen-bond acceptors (Lipinski definition) is 6. The van der Waals surface area contributed by atoms with Crippen molar-refractivity contribution < 1.29 is 4.74 Å². The van der Waals surface area contributed by atoms with Crippen molar-refractivity contribution in [1.82, 2.24) is 9.97 Å². The first kappa shape index (κ1) is 14.5. The van der Waals surface area contributed by atoms with Crippen molar-refractivity contribution in [3.63, 3.8) is 0 Å². The van der Waals surface area contributed by atoms with Gasteiger partial charge in [-0.1, -0.05) is 23.9 Å². The summed E-state index contributed by atoms with van der Waals surface area (Å²) in [4.78, 5) is 8.76. The summed E-state index contributed by atoms with van der Waals surface area (Å²) in [5, 5.41) is 7.08. The van der Waals surface area contributed by atoms with Gasteiger partial charge in [-0.3, -0.25) is 0 Å². The number of benzene rings is 1. The van der Waals surface area contributed by atoms with Crippen molar-refractivity contribution in [2.24, 2.45) is 0 Å². The lowest BCUT2D eigenvalue weighted by Crippen LogP contribution is -2.04. The minimum Gasteiger partial charge on any atom is -0.497 e. The van der Waals surface area contributed by atoms with E-state index < -0.39 is 0 Å². The molecule has 20 heavy (non-hydrogen) atoms. The maximum absolute atomic E-state index is 5.14. The molecule has 0 amide bonds. The van der Waals surface area contributed by atoms with Gasteiger partial charge < -0.3 is 15.4 Å². The monoisotopic (exact) mass is 290 g/mol. The molecule has 1 aromatic heterocycles. The van der Waals surface area contributed by atoms with Gasteiger partial charge in [-0.2, -0.15) is 0 Å². The number of nitrogens with zero attached hydrogens (tertiary/aromatic N) is 2. The Hall–Kier alpha value is -1.95. The van der Waals surface area contributed by atoms with E-state index in [9.17, 15) is 0 Å². The number of rotatable bonds is 6. The third-order valence-electron chi connectivity index (χ3n) is 2.78. The Balaban J connectivity index is 2.05. The van der Waals surface area contributed by atoms with Crippen LogP contribution in [0.25, 0.3) is 0 Å². The van der Waals surface area contributed by atoms with Gasteiger partial charge in [0.05, 0.1) is 7.11 Å². The summed E-state index contributed by atoms with van der Waals surface area (Å²) >= 11 is 1.52. The van der Waals surface area contributed by atoms with Gasteiger partial charge in [-0.05, 0) is 24.0 Å². The molecule has 0 aliphatic heterocycles. The average molecular weight is 290 g/mol. The normalized spacial score (nSPS) is 10.2. The van der Waals surface area contributed by atoms with Gasteiger partial charge in [-0.15, -0.1) is 0 Å². The Morgan fingerprint density at radius 2 is 1.85 bits per heavy atom. The number of methoxy groups -OCH3 is 1. The van der Waals surface area contributed by atoms with Gasteiger partial charge in [0.2, 0.25) is 0 Å². The summed E-state index contributed by atoms with van der Waals surface area (Å²) in [5.74, 6) is 2.48. The number of ether oxygens (including phenoxy) is 1. The summed E-state index contributed by atoms with van der Waals surface area (Å²) in [6, 6.07) is 9.85. The van der Waals surface area contributed by atoms with E-state index in [1.54, 1.807) is 7.11 Å². The van der Waals surface area contributed by atoms with Crippen molar-refractivity contribution in [2.75, 3.05) is 31.0 Å². The first-order chi connectivity index (χ1) is 9.75. The fraction of sp³-hybridized carbons (Fsp3) is 0.286. The number of aromatic nitrogens is 2. The van der Waals surface area contributed by atoms with Crippen molar-refractivity contribution in [1.29, 1.82) is 0 Å². The van der Waals surface area contributed by atoms with Crippen molar-refractivity contribution >= 4 is 23.4 Å². The molecule has 0 unspecified atom stereocenters. The molecule has 0 fully saturated rings. The summed E-state index contributed by atoms with van der Waals surface area (Å²) < 4.78 is 5.14. The van der Waals surface area contributed by atoms with Gasteiger partial charge in [-0.25, -0.2) is 9.97 Å². The van der Waals surface area contributed by atoms with Crippen LogP contribution in [0.4, 0.5) is 11.6 Å². The lowest BCUT2D eigenvalue weighted by molar-refractivity contribution is 0.414. The van der Waals surface area contributed by atoms with Crippen LogP contribution in [0.5, 0.6) is 5.75 Å². The standard InChI is InChI=1S/C14H18N4OS/c1-15-12-8-13(18-14(17-12)20-3)16-9-10-4-6-11(19-2)7-5-10/h4-8H,9H2,1-3H3,(H2,15,16,17,18). The highest BCUT2D eigenvalue weighted by Crippen LogP contribution is 2.18. The van der Waals surface area contributed by atoms with Crippen LogP contribution in [0.15, 0.2) is 35.5 Å². The molecule has 0 radical (unpaired) electrons. The molecule has 2 aromatic rings. The van der Waals surface area contributed by atoms with E-state index in [0.29, 0.717) is 6.54 Å². The predicted molar refractivity (Wildman–Crippen MR) is 83.7 cm³/mol. The van der Waals surface area contributed by atoms with Crippen LogP contribution >= 0.6 is 11.8 Å². The van der Waals surface area contributed by atoms with Crippen molar-refractivity contribution in [3.05, 3.63) is 35.9 Å². The molecule has 1 heterocycles. The highest BCUT2D eigenvalue weighted by Gasteiger charge is 2.03. The summed E-state index contributed by atoms with van der Waals surface area (Å²) in [7, 11) is 3.51. The fourth-order valence-corrected chi connectivity index (χ4v) is 2.05. The zero-order chi connectivity index (χ0) is 14.4. The van der Waals surface area contributed by atoms with Crippen LogP contribution in [-0.2, 0) is 6.54 Å². The van der Waals surface area contributed by atoms with Gasteiger partial charge in [0, 0.05) is 19.7 Å². The Bertz CT molecular complexity index is 537. The molecule has 2 rings (SSSR count). The lowest BCUT2D eigenvalue weighted by atomic mass is 10.2. The maximum Gasteiger partial charge on any atom is 0.191 e. The van der Waals surface area contributed by atoms with Crippen LogP contribution < -0.4 is 15.4 Å². The highest BCUT2D eigenvalue weighted by atomic mass is 32.2. The molecule has 2 N–H and O–H groups in total. The molecule has 0 aliphatic carbocycles. The zero-order valence-electron chi connectivity index (χ0n) is 11.8. The number of nitrogens with one attached hydrogen (secondary N) is 2. The second-order valence-corrected chi connectivity index (χ2v) is 4.85.